The van der Waals surface area contributed by atoms with Crippen LogP contribution < -0.4 is 5.56 Å². The molecule has 0 aliphatic rings. The van der Waals surface area contributed by atoms with Crippen molar-refractivity contribution in [3.8, 4) is 0 Å². The molecular weight excluding hydrogens is 236 g/mol. The summed E-state index contributed by atoms with van der Waals surface area (Å²) >= 11 is 1.50. The van der Waals surface area contributed by atoms with Gasteiger partial charge in [-0.25, -0.2) is 0 Å². The van der Waals surface area contributed by atoms with Crippen LogP contribution in [0.3, 0.4) is 0 Å². The summed E-state index contributed by atoms with van der Waals surface area (Å²) < 4.78 is 3.03. The molecule has 1 aromatic carbocycles. The van der Waals surface area contributed by atoms with Crippen molar-refractivity contribution in [3.05, 3.63) is 40.8 Å². The molecule has 6 heteroatoms. The van der Waals surface area contributed by atoms with Crippen molar-refractivity contribution in [2.75, 3.05) is 0 Å². The van der Waals surface area contributed by atoms with Crippen LogP contribution in [0, 0.1) is 0 Å². The van der Waals surface area contributed by atoms with Crippen molar-refractivity contribution < 1.29 is 0 Å². The first-order valence-electron chi connectivity index (χ1n) is 5.08. The lowest BCUT2D eigenvalue weighted by molar-refractivity contribution is 1.08. The minimum absolute atomic E-state index is 0.236. The second kappa shape index (κ2) is 2.92. The van der Waals surface area contributed by atoms with Crippen molar-refractivity contribution >= 4 is 37.5 Å². The minimum Gasteiger partial charge on any atom is -0.268 e. The molecule has 0 saturated heterocycles. The lowest BCUT2D eigenvalue weighted by atomic mass is 10.3. The molecule has 82 valence electrons. The Hall–Kier alpha value is -2.21. The molecule has 3 heterocycles. The fourth-order valence-corrected chi connectivity index (χ4v) is 3.03. The second-order valence-corrected chi connectivity index (χ2v) is 4.75. The molecule has 0 aliphatic carbocycles. The highest BCUT2D eigenvalue weighted by molar-refractivity contribution is 7.23. The van der Waals surface area contributed by atoms with E-state index in [1.54, 1.807) is 0 Å². The summed E-state index contributed by atoms with van der Waals surface area (Å²) in [6.07, 6.45) is 1.52. The van der Waals surface area contributed by atoms with E-state index in [2.05, 4.69) is 15.2 Å². The van der Waals surface area contributed by atoms with Gasteiger partial charge in [-0.15, -0.1) is 0 Å². The summed E-state index contributed by atoms with van der Waals surface area (Å²) in [4.78, 5) is 16.5. The maximum Gasteiger partial charge on any atom is 0.285 e. The van der Waals surface area contributed by atoms with E-state index in [-0.39, 0.29) is 5.56 Å². The number of H-pyrrole nitrogens is 1. The average Bonchev–Trinajstić information content (AvgIpc) is 2.90. The van der Waals surface area contributed by atoms with Crippen molar-refractivity contribution in [2.24, 2.45) is 0 Å². The van der Waals surface area contributed by atoms with Gasteiger partial charge in [0.2, 0.25) is 0 Å². The third-order valence-electron chi connectivity index (χ3n) is 2.77. The van der Waals surface area contributed by atoms with E-state index in [4.69, 9.17) is 0 Å². The number of hydrogen-bond acceptors (Lipinski definition) is 4. The molecule has 0 saturated carbocycles. The molecule has 0 fully saturated rings. The topological polar surface area (TPSA) is 63.1 Å². The van der Waals surface area contributed by atoms with Crippen LogP contribution in [0.15, 0.2) is 35.3 Å². The Morgan fingerprint density at radius 3 is 3.12 bits per heavy atom. The fourth-order valence-electron chi connectivity index (χ4n) is 2.02. The van der Waals surface area contributed by atoms with Crippen LogP contribution in [-0.4, -0.2) is 19.6 Å². The molecular formula is C11H6N4OS. The van der Waals surface area contributed by atoms with Gasteiger partial charge in [0.25, 0.3) is 5.56 Å². The van der Waals surface area contributed by atoms with Crippen LogP contribution in [0.25, 0.3) is 26.2 Å². The number of para-hydroxylation sites is 1. The third kappa shape index (κ3) is 1.05. The number of nitrogens with zero attached hydrogens (tertiary/aromatic N) is 3. The first-order valence-corrected chi connectivity index (χ1v) is 5.89. The summed E-state index contributed by atoms with van der Waals surface area (Å²) in [5, 5.41) is 7.30. The Bertz CT molecular complexity index is 917. The molecule has 0 aliphatic heterocycles. The Morgan fingerprint density at radius 2 is 2.18 bits per heavy atom. The number of benzene rings is 1. The van der Waals surface area contributed by atoms with E-state index in [1.807, 2.05) is 28.7 Å². The molecule has 0 spiro atoms. The first-order chi connectivity index (χ1) is 8.34. The smallest absolute Gasteiger partial charge is 0.268 e. The summed E-state index contributed by atoms with van der Waals surface area (Å²) in [5.74, 6) is 0. The van der Waals surface area contributed by atoms with Gasteiger partial charge < -0.3 is 0 Å². The van der Waals surface area contributed by atoms with Gasteiger partial charge in [-0.1, -0.05) is 23.5 Å². The average molecular weight is 242 g/mol. The van der Waals surface area contributed by atoms with Gasteiger partial charge in [-0.2, -0.15) is 10.1 Å². The predicted octanol–water partition coefficient (Wildman–Crippen LogP) is 1.79. The third-order valence-corrected chi connectivity index (χ3v) is 3.79. The van der Waals surface area contributed by atoms with Gasteiger partial charge in [0.15, 0.2) is 4.96 Å². The monoisotopic (exact) mass is 242 g/mol. The number of aromatic amines is 1. The van der Waals surface area contributed by atoms with E-state index in [9.17, 15) is 4.79 Å². The number of nitrogens with one attached hydrogen (secondary N) is 1. The summed E-state index contributed by atoms with van der Waals surface area (Å²) in [6, 6.07) is 7.96. The molecule has 0 unspecified atom stereocenters. The number of hydrogen-bond donors (Lipinski definition) is 1. The summed E-state index contributed by atoms with van der Waals surface area (Å²) in [6.45, 7) is 0. The number of aromatic nitrogens is 4. The van der Waals surface area contributed by atoms with Crippen molar-refractivity contribution in [2.45, 2.75) is 0 Å². The lowest BCUT2D eigenvalue weighted by Gasteiger charge is -1.96. The molecule has 4 aromatic rings. The fraction of sp³-hybridized carbons (Fsp3) is 0. The Labute approximate surface area is 98.3 Å². The maximum absolute atomic E-state index is 11.8. The Morgan fingerprint density at radius 1 is 1.29 bits per heavy atom. The van der Waals surface area contributed by atoms with Crippen LogP contribution in [0.4, 0.5) is 0 Å². The Balaban J connectivity index is 2.46. The van der Waals surface area contributed by atoms with Crippen LogP contribution in [-0.2, 0) is 0 Å². The van der Waals surface area contributed by atoms with Gasteiger partial charge in [-0.3, -0.25) is 14.3 Å². The second-order valence-electron chi connectivity index (χ2n) is 3.74. The van der Waals surface area contributed by atoms with Crippen molar-refractivity contribution in [1.82, 2.24) is 19.6 Å². The standard InChI is InChI=1S/C11H6N4OS/c16-10-6-5-12-14-9(6)15-7-3-1-2-4-8(7)17-11(15)13-10/h1-5H,(H,12,14). The molecule has 0 radical (unpaired) electrons. The highest BCUT2D eigenvalue weighted by atomic mass is 32.1. The SMILES string of the molecule is O=c1nc2sc3ccccc3n2c2[nH]ncc12. The highest BCUT2D eigenvalue weighted by Gasteiger charge is 2.11. The van der Waals surface area contributed by atoms with Gasteiger partial charge in [0.05, 0.1) is 16.4 Å². The predicted molar refractivity (Wildman–Crippen MR) is 66.5 cm³/mol. The van der Waals surface area contributed by atoms with Crippen LogP contribution in [0.2, 0.25) is 0 Å². The zero-order valence-corrected chi connectivity index (χ0v) is 9.36. The van der Waals surface area contributed by atoms with E-state index in [0.29, 0.717) is 16.0 Å². The number of thiazole rings is 1. The van der Waals surface area contributed by atoms with Crippen LogP contribution in [0.1, 0.15) is 0 Å². The highest BCUT2D eigenvalue weighted by Crippen LogP contribution is 2.26. The maximum atomic E-state index is 11.8. The molecule has 0 atom stereocenters. The Kier molecular flexibility index (Phi) is 1.53. The summed E-state index contributed by atoms with van der Waals surface area (Å²) in [5.41, 5.74) is 1.51. The molecule has 1 N–H and O–H groups in total. The number of fused-ring (bicyclic) bond motifs is 5. The van der Waals surface area contributed by atoms with Gasteiger partial charge in [0, 0.05) is 0 Å². The molecule has 3 aromatic heterocycles. The first kappa shape index (κ1) is 8.89. The normalized spacial score (nSPS) is 11.8. The van der Waals surface area contributed by atoms with E-state index < -0.39 is 0 Å². The van der Waals surface area contributed by atoms with Gasteiger partial charge in [-0.05, 0) is 12.1 Å². The summed E-state index contributed by atoms with van der Waals surface area (Å²) in [7, 11) is 0. The van der Waals surface area contributed by atoms with Crippen LogP contribution >= 0.6 is 11.3 Å². The van der Waals surface area contributed by atoms with E-state index in [1.165, 1.54) is 17.5 Å². The molecule has 17 heavy (non-hydrogen) atoms. The minimum atomic E-state index is -0.236. The van der Waals surface area contributed by atoms with E-state index >= 15 is 0 Å². The lowest BCUT2D eigenvalue weighted by Crippen LogP contribution is -2.07. The largest absolute Gasteiger partial charge is 0.285 e. The zero-order valence-electron chi connectivity index (χ0n) is 8.54. The number of rotatable bonds is 0. The zero-order chi connectivity index (χ0) is 11.4. The molecule has 5 nitrogen and oxygen atoms in total. The van der Waals surface area contributed by atoms with Crippen molar-refractivity contribution in [1.29, 1.82) is 0 Å². The molecule has 0 amide bonds. The quantitative estimate of drug-likeness (QED) is 0.511. The molecule has 4 rings (SSSR count). The van der Waals surface area contributed by atoms with Crippen LogP contribution in [0.5, 0.6) is 0 Å². The van der Waals surface area contributed by atoms with Gasteiger partial charge in [0.1, 0.15) is 11.0 Å². The van der Waals surface area contributed by atoms with Gasteiger partial charge >= 0.3 is 0 Å². The van der Waals surface area contributed by atoms with Crippen molar-refractivity contribution in [3.63, 3.8) is 0 Å². The van der Waals surface area contributed by atoms with E-state index in [0.717, 1.165) is 10.2 Å². The molecule has 0 bridgehead atoms.